The van der Waals surface area contributed by atoms with Crippen LogP contribution in [0.5, 0.6) is 5.75 Å². The zero-order chi connectivity index (χ0) is 12.7. The molecule has 0 fully saturated rings. The molecule has 0 heterocycles. The summed E-state index contributed by atoms with van der Waals surface area (Å²) in [6.07, 6.45) is 0.584. The van der Waals surface area contributed by atoms with Crippen molar-refractivity contribution in [3.8, 4) is 5.75 Å². The maximum Gasteiger partial charge on any atom is 0.128 e. The second-order valence-electron chi connectivity index (χ2n) is 3.59. The molecular formula is C12H8Cl4O. The van der Waals surface area contributed by atoms with Gasteiger partial charge in [0.05, 0.1) is 20.1 Å². The van der Waals surface area contributed by atoms with E-state index in [1.54, 1.807) is 12.1 Å². The third kappa shape index (κ3) is 1.96. The van der Waals surface area contributed by atoms with Crippen molar-refractivity contribution in [3.05, 3.63) is 37.8 Å². The van der Waals surface area contributed by atoms with Crippen LogP contribution in [0.4, 0.5) is 0 Å². The van der Waals surface area contributed by atoms with E-state index in [0.717, 1.165) is 0 Å². The van der Waals surface area contributed by atoms with Crippen LogP contribution < -0.4 is 0 Å². The zero-order valence-corrected chi connectivity index (χ0v) is 11.8. The van der Waals surface area contributed by atoms with Crippen molar-refractivity contribution in [2.45, 2.75) is 13.3 Å². The maximum absolute atomic E-state index is 10.1. The fraction of sp³-hybridized carbons (Fsp3) is 0.167. The molecule has 17 heavy (non-hydrogen) atoms. The van der Waals surface area contributed by atoms with Crippen LogP contribution in [0.3, 0.4) is 0 Å². The molecule has 0 aromatic heterocycles. The van der Waals surface area contributed by atoms with Crippen LogP contribution in [0.1, 0.15) is 12.5 Å². The minimum Gasteiger partial charge on any atom is -0.507 e. The summed E-state index contributed by atoms with van der Waals surface area (Å²) in [4.78, 5) is 0. The summed E-state index contributed by atoms with van der Waals surface area (Å²) in [5.41, 5.74) is 0.613. The molecule has 0 spiro atoms. The molecule has 0 bridgehead atoms. The van der Waals surface area contributed by atoms with Crippen molar-refractivity contribution in [2.75, 3.05) is 0 Å². The fourth-order valence-corrected chi connectivity index (χ4v) is 2.89. The van der Waals surface area contributed by atoms with E-state index in [-0.39, 0.29) is 5.75 Å². The van der Waals surface area contributed by atoms with Crippen LogP contribution in [-0.4, -0.2) is 5.11 Å². The molecule has 1 N–H and O–H groups in total. The van der Waals surface area contributed by atoms with Gasteiger partial charge in [-0.05, 0) is 18.6 Å². The number of hydrogen-bond acceptors (Lipinski definition) is 1. The van der Waals surface area contributed by atoms with Gasteiger partial charge < -0.3 is 5.11 Å². The second kappa shape index (κ2) is 4.74. The Bertz CT molecular complexity index is 607. The van der Waals surface area contributed by atoms with Gasteiger partial charge >= 0.3 is 0 Å². The van der Waals surface area contributed by atoms with E-state index in [4.69, 9.17) is 46.4 Å². The number of halogens is 4. The Balaban J connectivity index is 3.04. The van der Waals surface area contributed by atoms with Crippen molar-refractivity contribution in [1.29, 1.82) is 0 Å². The van der Waals surface area contributed by atoms with Gasteiger partial charge in [-0.25, -0.2) is 0 Å². The van der Waals surface area contributed by atoms with Crippen LogP contribution in [-0.2, 0) is 6.42 Å². The van der Waals surface area contributed by atoms with Gasteiger partial charge in [-0.3, -0.25) is 0 Å². The summed E-state index contributed by atoms with van der Waals surface area (Å²) in [7, 11) is 0. The summed E-state index contributed by atoms with van der Waals surface area (Å²) >= 11 is 24.3. The van der Waals surface area contributed by atoms with Gasteiger partial charge in [0, 0.05) is 16.3 Å². The third-order valence-electron chi connectivity index (χ3n) is 2.67. The highest BCUT2D eigenvalue weighted by atomic mass is 35.5. The van der Waals surface area contributed by atoms with Crippen LogP contribution in [0.15, 0.2) is 12.1 Å². The Morgan fingerprint density at radius 1 is 1.00 bits per heavy atom. The van der Waals surface area contributed by atoms with Crippen molar-refractivity contribution < 1.29 is 5.11 Å². The fourth-order valence-electron chi connectivity index (χ4n) is 1.79. The standard InChI is InChI=1S/C12H8Cl4O/c1-2-5-9(14)11(16)8-6(12(5)17)3-4-7(13)10(8)15/h3-4,17H,2H2,1H3. The quantitative estimate of drug-likeness (QED) is 0.714. The lowest BCUT2D eigenvalue weighted by Crippen LogP contribution is -1.89. The first-order valence-corrected chi connectivity index (χ1v) is 6.46. The molecule has 1 nitrogen and oxygen atoms in total. The molecular weight excluding hydrogens is 302 g/mol. The monoisotopic (exact) mass is 308 g/mol. The summed E-state index contributed by atoms with van der Waals surface area (Å²) in [5, 5.41) is 12.5. The van der Waals surface area contributed by atoms with Gasteiger partial charge in [0.1, 0.15) is 5.75 Å². The third-order valence-corrected chi connectivity index (χ3v) is 4.36. The van der Waals surface area contributed by atoms with E-state index in [9.17, 15) is 5.11 Å². The van der Waals surface area contributed by atoms with E-state index in [0.29, 0.717) is 42.8 Å². The van der Waals surface area contributed by atoms with Gasteiger partial charge in [0.15, 0.2) is 0 Å². The van der Waals surface area contributed by atoms with E-state index in [1.807, 2.05) is 6.92 Å². The van der Waals surface area contributed by atoms with E-state index >= 15 is 0 Å². The number of benzene rings is 2. The Kier molecular flexibility index (Phi) is 3.65. The lowest BCUT2D eigenvalue weighted by Gasteiger charge is -2.13. The van der Waals surface area contributed by atoms with E-state index < -0.39 is 0 Å². The molecule has 2 aromatic carbocycles. The smallest absolute Gasteiger partial charge is 0.128 e. The van der Waals surface area contributed by atoms with Crippen molar-refractivity contribution in [3.63, 3.8) is 0 Å². The van der Waals surface area contributed by atoms with Gasteiger partial charge in [-0.1, -0.05) is 53.3 Å². The average Bonchev–Trinajstić information content (AvgIpc) is 2.30. The highest BCUT2D eigenvalue weighted by Gasteiger charge is 2.18. The maximum atomic E-state index is 10.1. The Hall–Kier alpha value is -0.340. The summed E-state index contributed by atoms with van der Waals surface area (Å²) < 4.78 is 0. The van der Waals surface area contributed by atoms with E-state index in [2.05, 4.69) is 0 Å². The summed E-state index contributed by atoms with van der Waals surface area (Å²) in [6.45, 7) is 1.89. The molecule has 5 heteroatoms. The molecule has 0 radical (unpaired) electrons. The van der Waals surface area contributed by atoms with Gasteiger partial charge in [-0.15, -0.1) is 0 Å². The topological polar surface area (TPSA) is 20.2 Å². The van der Waals surface area contributed by atoms with Gasteiger partial charge in [0.25, 0.3) is 0 Å². The minimum absolute atomic E-state index is 0.107. The predicted octanol–water partition coefficient (Wildman–Crippen LogP) is 5.72. The van der Waals surface area contributed by atoms with Crippen LogP contribution in [0.25, 0.3) is 10.8 Å². The first kappa shape index (κ1) is 13.1. The highest BCUT2D eigenvalue weighted by molar-refractivity contribution is 6.51. The number of hydrogen-bond donors (Lipinski definition) is 1. The molecule has 90 valence electrons. The number of aromatic hydroxyl groups is 1. The number of phenols is 1. The molecule has 0 atom stereocenters. The molecule has 0 saturated heterocycles. The Morgan fingerprint density at radius 3 is 2.24 bits per heavy atom. The van der Waals surface area contributed by atoms with Crippen molar-refractivity contribution >= 4 is 57.2 Å². The molecule has 0 aliphatic heterocycles. The first-order valence-electron chi connectivity index (χ1n) is 4.95. The van der Waals surface area contributed by atoms with Gasteiger partial charge in [-0.2, -0.15) is 0 Å². The molecule has 2 aromatic rings. The largest absolute Gasteiger partial charge is 0.507 e. The zero-order valence-electron chi connectivity index (χ0n) is 8.82. The molecule has 0 amide bonds. The summed E-state index contributed by atoms with van der Waals surface area (Å²) in [6, 6.07) is 3.30. The molecule has 2 rings (SSSR count). The predicted molar refractivity (Wildman–Crippen MR) is 75.0 cm³/mol. The first-order chi connectivity index (χ1) is 7.99. The van der Waals surface area contributed by atoms with Crippen molar-refractivity contribution in [1.82, 2.24) is 0 Å². The average molecular weight is 310 g/mol. The van der Waals surface area contributed by atoms with Crippen LogP contribution in [0.2, 0.25) is 20.1 Å². The van der Waals surface area contributed by atoms with Crippen molar-refractivity contribution in [2.24, 2.45) is 0 Å². The number of fused-ring (bicyclic) bond motifs is 1. The normalized spacial score (nSPS) is 11.1. The highest BCUT2D eigenvalue weighted by Crippen LogP contribution is 2.45. The molecule has 0 aliphatic carbocycles. The minimum atomic E-state index is 0.107. The SMILES string of the molecule is CCc1c(Cl)c(Cl)c2c(Cl)c(Cl)ccc2c1O. The number of phenolic OH excluding ortho intramolecular Hbond substituents is 1. The Labute approximate surface area is 119 Å². The van der Waals surface area contributed by atoms with Crippen LogP contribution in [0, 0.1) is 0 Å². The summed E-state index contributed by atoms with van der Waals surface area (Å²) in [5.74, 6) is 0.107. The van der Waals surface area contributed by atoms with Gasteiger partial charge in [0.2, 0.25) is 0 Å². The van der Waals surface area contributed by atoms with E-state index in [1.165, 1.54) is 0 Å². The second-order valence-corrected chi connectivity index (χ2v) is 5.13. The van der Waals surface area contributed by atoms with Crippen LogP contribution >= 0.6 is 46.4 Å². The molecule has 0 unspecified atom stereocenters. The Morgan fingerprint density at radius 2 is 1.65 bits per heavy atom. The lowest BCUT2D eigenvalue weighted by atomic mass is 10.0. The lowest BCUT2D eigenvalue weighted by molar-refractivity contribution is 0.475. The molecule has 0 aliphatic rings. The number of rotatable bonds is 1. The molecule has 0 saturated carbocycles.